The molecule has 3 rings (SSSR count). The maximum absolute atomic E-state index is 5.97. The van der Waals surface area contributed by atoms with E-state index in [0.29, 0.717) is 5.02 Å². The summed E-state index contributed by atoms with van der Waals surface area (Å²) < 4.78 is 7.09. The summed E-state index contributed by atoms with van der Waals surface area (Å²) in [5, 5.41) is 5.29. The minimum absolute atomic E-state index is 0.711. The Labute approximate surface area is 134 Å². The number of rotatable bonds is 4. The first-order valence-electron chi connectivity index (χ1n) is 6.84. The molecule has 0 bridgehead atoms. The fourth-order valence-electron chi connectivity index (χ4n) is 2.25. The molecule has 22 heavy (non-hydrogen) atoms. The molecule has 1 aromatic heterocycles. The average Bonchev–Trinajstić information content (AvgIpc) is 3.00. The summed E-state index contributed by atoms with van der Waals surface area (Å²) in [6.45, 7) is 3.80. The normalized spacial score (nSPS) is 10.5. The van der Waals surface area contributed by atoms with Crippen LogP contribution in [0.1, 0.15) is 5.69 Å². The van der Waals surface area contributed by atoms with Gasteiger partial charge in [0.2, 0.25) is 0 Å². The molecule has 0 saturated heterocycles. The van der Waals surface area contributed by atoms with Crippen LogP contribution in [0.3, 0.4) is 0 Å². The van der Waals surface area contributed by atoms with Crippen LogP contribution in [-0.2, 0) is 0 Å². The number of aromatic nitrogens is 2. The van der Waals surface area contributed by atoms with Gasteiger partial charge in [-0.1, -0.05) is 30.3 Å². The molecule has 0 aliphatic carbocycles. The number of methoxy groups -OCH3 is 1. The second kappa shape index (κ2) is 6.08. The Morgan fingerprint density at radius 3 is 2.36 bits per heavy atom. The highest BCUT2D eigenvalue weighted by Gasteiger charge is 2.10. The standard InChI is InChI=1S/C18H15ClN2O/c1-3-15-12-18(13-4-6-14(19)7-5-13)21(20-15)16-8-10-17(22-2)11-9-16/h3-12H,1H2,2H3. The Bertz CT molecular complexity index is 789. The van der Waals surface area contributed by atoms with E-state index in [1.807, 2.05) is 59.3 Å². The lowest BCUT2D eigenvalue weighted by Crippen LogP contribution is -1.99. The lowest BCUT2D eigenvalue weighted by molar-refractivity contribution is 0.414. The fourth-order valence-corrected chi connectivity index (χ4v) is 2.37. The number of nitrogens with zero attached hydrogens (tertiary/aromatic N) is 2. The van der Waals surface area contributed by atoms with Gasteiger partial charge in [-0.3, -0.25) is 0 Å². The smallest absolute Gasteiger partial charge is 0.119 e. The van der Waals surface area contributed by atoms with Gasteiger partial charge in [0.25, 0.3) is 0 Å². The molecule has 0 atom stereocenters. The Morgan fingerprint density at radius 1 is 1.09 bits per heavy atom. The molecule has 0 aliphatic rings. The molecule has 0 aliphatic heterocycles. The van der Waals surface area contributed by atoms with Crippen molar-refractivity contribution >= 4 is 17.7 Å². The van der Waals surface area contributed by atoms with E-state index >= 15 is 0 Å². The molecule has 4 heteroatoms. The highest BCUT2D eigenvalue weighted by Crippen LogP contribution is 2.26. The molecule has 0 unspecified atom stereocenters. The Morgan fingerprint density at radius 2 is 1.77 bits per heavy atom. The van der Waals surface area contributed by atoms with Crippen LogP contribution in [0, 0.1) is 0 Å². The van der Waals surface area contributed by atoms with Crippen LogP contribution < -0.4 is 4.74 Å². The first-order valence-corrected chi connectivity index (χ1v) is 7.22. The topological polar surface area (TPSA) is 27.1 Å². The molecule has 0 amide bonds. The van der Waals surface area contributed by atoms with Gasteiger partial charge in [0.1, 0.15) is 5.75 Å². The van der Waals surface area contributed by atoms with E-state index in [0.717, 1.165) is 28.4 Å². The molecule has 110 valence electrons. The summed E-state index contributed by atoms with van der Waals surface area (Å²) in [6.07, 6.45) is 1.74. The van der Waals surface area contributed by atoms with Crippen molar-refractivity contribution < 1.29 is 4.74 Å². The van der Waals surface area contributed by atoms with E-state index in [-0.39, 0.29) is 0 Å². The van der Waals surface area contributed by atoms with Gasteiger partial charge in [-0.2, -0.15) is 5.10 Å². The number of hydrogen-bond donors (Lipinski definition) is 0. The average molecular weight is 311 g/mol. The van der Waals surface area contributed by atoms with Crippen molar-refractivity contribution in [1.29, 1.82) is 0 Å². The molecule has 1 heterocycles. The lowest BCUT2D eigenvalue weighted by atomic mass is 10.1. The maximum Gasteiger partial charge on any atom is 0.119 e. The SMILES string of the molecule is C=Cc1cc(-c2ccc(Cl)cc2)n(-c2ccc(OC)cc2)n1. The van der Waals surface area contributed by atoms with Gasteiger partial charge in [0, 0.05) is 10.6 Å². The van der Waals surface area contributed by atoms with Gasteiger partial charge in [-0.15, -0.1) is 0 Å². The lowest BCUT2D eigenvalue weighted by Gasteiger charge is -2.08. The van der Waals surface area contributed by atoms with E-state index in [9.17, 15) is 0 Å². The number of benzene rings is 2. The second-order valence-corrected chi connectivity index (χ2v) is 5.21. The largest absolute Gasteiger partial charge is 0.497 e. The van der Waals surface area contributed by atoms with Gasteiger partial charge in [-0.25, -0.2) is 4.68 Å². The van der Waals surface area contributed by atoms with E-state index in [2.05, 4.69) is 11.7 Å². The zero-order valence-corrected chi connectivity index (χ0v) is 12.9. The highest BCUT2D eigenvalue weighted by atomic mass is 35.5. The van der Waals surface area contributed by atoms with Gasteiger partial charge >= 0.3 is 0 Å². The van der Waals surface area contributed by atoms with Crippen molar-refractivity contribution in [2.45, 2.75) is 0 Å². The van der Waals surface area contributed by atoms with Crippen molar-refractivity contribution in [2.24, 2.45) is 0 Å². The first kappa shape index (κ1) is 14.4. The molecule has 0 N–H and O–H groups in total. The van der Waals surface area contributed by atoms with Crippen LogP contribution in [0.25, 0.3) is 23.0 Å². The summed E-state index contributed by atoms with van der Waals surface area (Å²) in [6, 6.07) is 17.5. The zero-order chi connectivity index (χ0) is 15.5. The van der Waals surface area contributed by atoms with Gasteiger partial charge in [-0.05, 0) is 48.5 Å². The molecule has 3 aromatic rings. The summed E-state index contributed by atoms with van der Waals surface area (Å²) in [5.74, 6) is 0.813. The minimum atomic E-state index is 0.711. The van der Waals surface area contributed by atoms with Crippen LogP contribution in [0.2, 0.25) is 5.02 Å². The van der Waals surface area contributed by atoms with Crippen LogP contribution in [-0.4, -0.2) is 16.9 Å². The fraction of sp³-hybridized carbons (Fsp3) is 0.0556. The number of halogens is 1. The maximum atomic E-state index is 5.97. The van der Waals surface area contributed by atoms with Crippen LogP contribution in [0.5, 0.6) is 5.75 Å². The third kappa shape index (κ3) is 2.76. The Hall–Kier alpha value is -2.52. The van der Waals surface area contributed by atoms with Crippen LogP contribution >= 0.6 is 11.6 Å². The summed E-state index contributed by atoms with van der Waals surface area (Å²) >= 11 is 5.97. The molecular formula is C18H15ClN2O. The number of ether oxygens (including phenoxy) is 1. The van der Waals surface area contributed by atoms with Crippen molar-refractivity contribution in [1.82, 2.24) is 9.78 Å². The molecule has 0 radical (unpaired) electrons. The van der Waals surface area contributed by atoms with E-state index in [1.54, 1.807) is 13.2 Å². The molecule has 0 saturated carbocycles. The molecular weight excluding hydrogens is 296 g/mol. The van der Waals surface area contributed by atoms with Gasteiger partial charge < -0.3 is 4.74 Å². The van der Waals surface area contributed by atoms with E-state index in [1.165, 1.54) is 0 Å². The van der Waals surface area contributed by atoms with Crippen molar-refractivity contribution in [2.75, 3.05) is 7.11 Å². The van der Waals surface area contributed by atoms with Crippen LogP contribution in [0.4, 0.5) is 0 Å². The predicted octanol–water partition coefficient (Wildman–Crippen LogP) is 4.84. The minimum Gasteiger partial charge on any atom is -0.497 e. The van der Waals surface area contributed by atoms with Gasteiger partial charge in [0.05, 0.1) is 24.2 Å². The summed E-state index contributed by atoms with van der Waals surface area (Å²) in [4.78, 5) is 0. The zero-order valence-electron chi connectivity index (χ0n) is 12.2. The Kier molecular flexibility index (Phi) is 3.98. The first-order chi connectivity index (χ1) is 10.7. The monoisotopic (exact) mass is 310 g/mol. The van der Waals surface area contributed by atoms with Crippen LogP contribution in [0.15, 0.2) is 61.2 Å². The third-order valence-corrected chi connectivity index (χ3v) is 3.65. The Balaban J connectivity index is 2.11. The van der Waals surface area contributed by atoms with Crippen molar-refractivity contribution in [3.8, 4) is 22.7 Å². The molecule has 0 fully saturated rings. The summed E-state index contributed by atoms with van der Waals surface area (Å²) in [7, 11) is 1.65. The molecule has 0 spiro atoms. The van der Waals surface area contributed by atoms with Crippen molar-refractivity contribution in [3.63, 3.8) is 0 Å². The van der Waals surface area contributed by atoms with E-state index in [4.69, 9.17) is 16.3 Å². The van der Waals surface area contributed by atoms with Gasteiger partial charge in [0.15, 0.2) is 0 Å². The van der Waals surface area contributed by atoms with Crippen molar-refractivity contribution in [3.05, 3.63) is 71.9 Å². The summed E-state index contributed by atoms with van der Waals surface area (Å²) in [5.41, 5.74) is 3.80. The molecule has 3 nitrogen and oxygen atoms in total. The number of hydrogen-bond acceptors (Lipinski definition) is 2. The molecule has 2 aromatic carbocycles. The second-order valence-electron chi connectivity index (χ2n) is 4.78. The third-order valence-electron chi connectivity index (χ3n) is 3.39. The predicted molar refractivity (Wildman–Crippen MR) is 90.7 cm³/mol. The quantitative estimate of drug-likeness (QED) is 0.689. The highest BCUT2D eigenvalue weighted by molar-refractivity contribution is 6.30. The van der Waals surface area contributed by atoms with E-state index < -0.39 is 0 Å².